The van der Waals surface area contributed by atoms with Gasteiger partial charge in [0.2, 0.25) is 5.82 Å². The predicted molar refractivity (Wildman–Crippen MR) is 73.1 cm³/mol. The lowest BCUT2D eigenvalue weighted by atomic mass is 9.80. The van der Waals surface area contributed by atoms with Crippen LogP contribution >= 0.6 is 11.6 Å². The van der Waals surface area contributed by atoms with Crippen molar-refractivity contribution >= 4 is 29.1 Å². The van der Waals surface area contributed by atoms with Crippen molar-refractivity contribution in [3.8, 4) is 0 Å². The molecular weight excluding hydrogens is 286 g/mol. The maximum atomic E-state index is 11.2. The number of nitrogens with zero attached hydrogens (tertiary/aromatic N) is 3. The highest BCUT2D eigenvalue weighted by molar-refractivity contribution is 6.30. The molecule has 0 saturated carbocycles. The van der Waals surface area contributed by atoms with E-state index in [2.05, 4.69) is 4.98 Å². The fourth-order valence-corrected chi connectivity index (χ4v) is 2.38. The lowest BCUT2D eigenvalue weighted by Crippen LogP contribution is -2.43. The van der Waals surface area contributed by atoms with Crippen molar-refractivity contribution in [1.82, 2.24) is 4.98 Å². The Morgan fingerprint density at radius 2 is 2.15 bits per heavy atom. The zero-order valence-corrected chi connectivity index (χ0v) is 11.6. The van der Waals surface area contributed by atoms with Gasteiger partial charge in [-0.1, -0.05) is 11.6 Å². The summed E-state index contributed by atoms with van der Waals surface area (Å²) in [5, 5.41) is 20.4. The number of nitro groups is 1. The van der Waals surface area contributed by atoms with Crippen LogP contribution in [0.15, 0.2) is 12.3 Å². The number of aliphatic carboxylic acids is 1. The summed E-state index contributed by atoms with van der Waals surface area (Å²) in [7, 11) is 0. The number of halogens is 1. The normalized spacial score (nSPS) is 17.8. The monoisotopic (exact) mass is 299 g/mol. The third kappa shape index (κ3) is 2.67. The van der Waals surface area contributed by atoms with E-state index in [1.807, 2.05) is 0 Å². The van der Waals surface area contributed by atoms with E-state index in [-0.39, 0.29) is 16.5 Å². The van der Waals surface area contributed by atoms with Crippen molar-refractivity contribution < 1.29 is 14.8 Å². The molecule has 1 N–H and O–H groups in total. The second kappa shape index (κ2) is 5.24. The van der Waals surface area contributed by atoms with Gasteiger partial charge in [-0.3, -0.25) is 14.9 Å². The van der Waals surface area contributed by atoms with E-state index >= 15 is 0 Å². The standard InChI is InChI=1S/C12H14ClN3O4/c1-12(11(17)18)2-4-15(5-3-12)10-9(16(19)20)6-8(13)7-14-10/h6-7H,2-5H2,1H3,(H,17,18). The highest BCUT2D eigenvalue weighted by atomic mass is 35.5. The second-order valence-corrected chi connectivity index (χ2v) is 5.54. The quantitative estimate of drug-likeness (QED) is 0.679. The van der Waals surface area contributed by atoms with Crippen molar-refractivity contribution in [2.75, 3.05) is 18.0 Å². The minimum atomic E-state index is -0.837. The van der Waals surface area contributed by atoms with Crippen molar-refractivity contribution in [3.05, 3.63) is 27.4 Å². The molecule has 0 unspecified atom stereocenters. The molecule has 1 aliphatic heterocycles. The average molecular weight is 300 g/mol. The van der Waals surface area contributed by atoms with E-state index in [9.17, 15) is 20.0 Å². The molecule has 1 aliphatic rings. The number of carbonyl (C=O) groups is 1. The van der Waals surface area contributed by atoms with Crippen LogP contribution in [0.4, 0.5) is 11.5 Å². The third-order valence-electron chi connectivity index (χ3n) is 3.69. The zero-order chi connectivity index (χ0) is 14.9. The molecule has 1 fully saturated rings. The first-order chi connectivity index (χ1) is 9.33. The highest BCUT2D eigenvalue weighted by Gasteiger charge is 2.38. The number of anilines is 1. The second-order valence-electron chi connectivity index (χ2n) is 5.11. The van der Waals surface area contributed by atoms with Crippen molar-refractivity contribution in [3.63, 3.8) is 0 Å². The Morgan fingerprint density at radius 1 is 1.55 bits per heavy atom. The van der Waals surface area contributed by atoms with E-state index in [1.165, 1.54) is 12.3 Å². The summed E-state index contributed by atoms with van der Waals surface area (Å²) in [6.45, 7) is 2.52. The van der Waals surface area contributed by atoms with E-state index in [1.54, 1.807) is 11.8 Å². The van der Waals surface area contributed by atoms with Crippen LogP contribution in [0.25, 0.3) is 0 Å². The molecule has 0 aliphatic carbocycles. The van der Waals surface area contributed by atoms with Gasteiger partial charge >= 0.3 is 11.7 Å². The third-order valence-corrected chi connectivity index (χ3v) is 3.90. The molecule has 0 amide bonds. The molecule has 0 aromatic carbocycles. The first-order valence-electron chi connectivity index (χ1n) is 6.12. The fourth-order valence-electron chi connectivity index (χ4n) is 2.23. The minimum absolute atomic E-state index is 0.156. The Balaban J connectivity index is 2.23. The van der Waals surface area contributed by atoms with Gasteiger partial charge < -0.3 is 10.0 Å². The fraction of sp³-hybridized carbons (Fsp3) is 0.500. The lowest BCUT2D eigenvalue weighted by Gasteiger charge is -2.36. The Labute approximate surface area is 120 Å². The first-order valence-corrected chi connectivity index (χ1v) is 6.49. The number of carboxylic acids is 1. The highest BCUT2D eigenvalue weighted by Crippen LogP contribution is 2.36. The number of carboxylic acid groups (broad SMARTS) is 1. The van der Waals surface area contributed by atoms with Gasteiger partial charge in [0.1, 0.15) is 0 Å². The van der Waals surface area contributed by atoms with Crippen LogP contribution in [-0.2, 0) is 4.79 Å². The van der Waals surface area contributed by atoms with Gasteiger partial charge in [-0.25, -0.2) is 4.98 Å². The van der Waals surface area contributed by atoms with Gasteiger partial charge in [0, 0.05) is 25.4 Å². The molecule has 8 heteroatoms. The summed E-state index contributed by atoms with van der Waals surface area (Å²) in [6, 6.07) is 1.26. The summed E-state index contributed by atoms with van der Waals surface area (Å²) in [5.41, 5.74) is -0.936. The summed E-state index contributed by atoms with van der Waals surface area (Å²) in [6.07, 6.45) is 2.20. The molecule has 20 heavy (non-hydrogen) atoms. The van der Waals surface area contributed by atoms with Gasteiger partial charge in [0.15, 0.2) is 0 Å². The Kier molecular flexibility index (Phi) is 3.80. The SMILES string of the molecule is CC1(C(=O)O)CCN(c2ncc(Cl)cc2[N+](=O)[O-])CC1. The number of hydrogen-bond donors (Lipinski definition) is 1. The summed E-state index contributed by atoms with van der Waals surface area (Å²) < 4.78 is 0. The van der Waals surface area contributed by atoms with Crippen LogP contribution in [-0.4, -0.2) is 34.1 Å². The van der Waals surface area contributed by atoms with Crippen LogP contribution in [0.3, 0.4) is 0 Å². The van der Waals surface area contributed by atoms with Crippen LogP contribution in [0, 0.1) is 15.5 Å². The smallest absolute Gasteiger partial charge is 0.313 e. The Bertz CT molecular complexity index is 556. The summed E-state index contributed by atoms with van der Waals surface area (Å²) in [5.74, 6) is -0.595. The minimum Gasteiger partial charge on any atom is -0.481 e. The van der Waals surface area contributed by atoms with Gasteiger partial charge in [-0.15, -0.1) is 0 Å². The van der Waals surface area contributed by atoms with Gasteiger partial charge in [0.25, 0.3) is 0 Å². The van der Waals surface area contributed by atoms with Crippen LogP contribution in [0.2, 0.25) is 5.02 Å². The molecule has 0 radical (unpaired) electrons. The molecule has 1 saturated heterocycles. The molecule has 7 nitrogen and oxygen atoms in total. The van der Waals surface area contributed by atoms with Crippen LogP contribution < -0.4 is 4.90 Å². The maximum absolute atomic E-state index is 11.2. The topological polar surface area (TPSA) is 96.6 Å². The Morgan fingerprint density at radius 3 is 2.65 bits per heavy atom. The molecular formula is C12H14ClN3O4. The van der Waals surface area contributed by atoms with E-state index in [0.29, 0.717) is 25.9 Å². The maximum Gasteiger partial charge on any atom is 0.313 e. The molecule has 2 rings (SSSR count). The molecule has 2 heterocycles. The van der Waals surface area contributed by atoms with Gasteiger partial charge in [-0.05, 0) is 19.8 Å². The van der Waals surface area contributed by atoms with Crippen molar-refractivity contribution in [1.29, 1.82) is 0 Å². The summed E-state index contributed by atoms with van der Waals surface area (Å²) >= 11 is 5.72. The number of piperidine rings is 1. The van der Waals surface area contributed by atoms with E-state index in [0.717, 1.165) is 0 Å². The van der Waals surface area contributed by atoms with Gasteiger partial charge in [-0.2, -0.15) is 0 Å². The number of pyridine rings is 1. The number of aromatic nitrogens is 1. The van der Waals surface area contributed by atoms with Crippen LogP contribution in [0.5, 0.6) is 0 Å². The Hall–Kier alpha value is -1.89. The molecule has 1 aromatic rings. The summed E-state index contributed by atoms with van der Waals surface area (Å²) in [4.78, 5) is 27.4. The number of rotatable bonds is 3. The molecule has 0 spiro atoms. The molecule has 1 aromatic heterocycles. The molecule has 0 atom stereocenters. The number of hydrogen-bond acceptors (Lipinski definition) is 5. The van der Waals surface area contributed by atoms with Crippen LogP contribution in [0.1, 0.15) is 19.8 Å². The van der Waals surface area contributed by atoms with E-state index in [4.69, 9.17) is 11.6 Å². The van der Waals surface area contributed by atoms with Gasteiger partial charge in [0.05, 0.1) is 15.4 Å². The molecule has 108 valence electrons. The lowest BCUT2D eigenvalue weighted by molar-refractivity contribution is -0.384. The average Bonchev–Trinajstić information content (AvgIpc) is 2.39. The van der Waals surface area contributed by atoms with E-state index < -0.39 is 16.3 Å². The molecule has 0 bridgehead atoms. The predicted octanol–water partition coefficient (Wildman–Crippen LogP) is 2.33. The van der Waals surface area contributed by atoms with Crippen molar-refractivity contribution in [2.45, 2.75) is 19.8 Å². The first kappa shape index (κ1) is 14.5. The zero-order valence-electron chi connectivity index (χ0n) is 10.9. The largest absolute Gasteiger partial charge is 0.481 e. The van der Waals surface area contributed by atoms with Crippen molar-refractivity contribution in [2.24, 2.45) is 5.41 Å².